The molecule has 0 aliphatic carbocycles. The van der Waals surface area contributed by atoms with Crippen molar-refractivity contribution in [1.29, 1.82) is 0 Å². The van der Waals surface area contributed by atoms with Gasteiger partial charge in [-0.15, -0.1) is 0 Å². The molecule has 1 N–H and O–H groups in total. The summed E-state index contributed by atoms with van der Waals surface area (Å²) in [6.07, 6.45) is 0. The van der Waals surface area contributed by atoms with E-state index in [1.165, 1.54) is 24.3 Å². The normalized spacial score (nSPS) is 15.9. The molecule has 1 aliphatic heterocycles. The summed E-state index contributed by atoms with van der Waals surface area (Å²) >= 11 is 0. The van der Waals surface area contributed by atoms with Gasteiger partial charge in [-0.05, 0) is 24.6 Å². The average molecular weight is 369 g/mol. The van der Waals surface area contributed by atoms with E-state index >= 15 is 0 Å². The smallest absolute Gasteiger partial charge is 0.269 e. The Bertz CT molecular complexity index is 784. The highest BCUT2D eigenvalue weighted by Gasteiger charge is 2.21. The lowest BCUT2D eigenvalue weighted by atomic mass is 10.0. The van der Waals surface area contributed by atoms with Crippen LogP contribution in [-0.2, 0) is 4.74 Å². The van der Waals surface area contributed by atoms with Crippen molar-refractivity contribution in [3.63, 3.8) is 0 Å². The van der Waals surface area contributed by atoms with Crippen LogP contribution in [0.1, 0.15) is 27.5 Å². The summed E-state index contributed by atoms with van der Waals surface area (Å²) in [4.78, 5) is 25.3. The Balaban J connectivity index is 1.75. The highest BCUT2D eigenvalue weighted by atomic mass is 16.6. The zero-order valence-electron chi connectivity index (χ0n) is 15.3. The number of carbonyl (C=O) groups excluding carboxylic acids is 1. The fraction of sp³-hybridized carbons (Fsp3) is 0.350. The molecule has 0 saturated carbocycles. The molecule has 0 aromatic heterocycles. The van der Waals surface area contributed by atoms with Crippen LogP contribution in [0.25, 0.3) is 0 Å². The minimum Gasteiger partial charge on any atom is -0.379 e. The predicted octanol–water partition coefficient (Wildman–Crippen LogP) is 2.71. The van der Waals surface area contributed by atoms with Crippen molar-refractivity contribution in [3.8, 4) is 0 Å². The Labute approximate surface area is 158 Å². The van der Waals surface area contributed by atoms with Gasteiger partial charge in [0.2, 0.25) is 0 Å². The first-order chi connectivity index (χ1) is 13.0. The average Bonchev–Trinajstić information content (AvgIpc) is 2.69. The molecule has 7 heteroatoms. The molecule has 142 valence electrons. The quantitative estimate of drug-likeness (QED) is 0.625. The van der Waals surface area contributed by atoms with Crippen LogP contribution < -0.4 is 5.32 Å². The topological polar surface area (TPSA) is 84.7 Å². The largest absolute Gasteiger partial charge is 0.379 e. The van der Waals surface area contributed by atoms with Gasteiger partial charge in [0.1, 0.15) is 0 Å². The van der Waals surface area contributed by atoms with Crippen molar-refractivity contribution in [3.05, 3.63) is 75.3 Å². The summed E-state index contributed by atoms with van der Waals surface area (Å²) in [7, 11) is 0. The van der Waals surface area contributed by atoms with Gasteiger partial charge in [0.25, 0.3) is 11.6 Å². The first kappa shape index (κ1) is 19.0. The second-order valence-electron chi connectivity index (χ2n) is 6.65. The Morgan fingerprint density at radius 2 is 1.78 bits per heavy atom. The molecule has 2 aromatic rings. The Morgan fingerprint density at radius 1 is 1.15 bits per heavy atom. The van der Waals surface area contributed by atoms with Gasteiger partial charge < -0.3 is 10.1 Å². The van der Waals surface area contributed by atoms with Crippen LogP contribution >= 0.6 is 0 Å². The number of carbonyl (C=O) groups is 1. The van der Waals surface area contributed by atoms with Gasteiger partial charge in [-0.2, -0.15) is 0 Å². The molecule has 7 nitrogen and oxygen atoms in total. The molecule has 1 fully saturated rings. The molecule has 1 unspecified atom stereocenters. The Kier molecular flexibility index (Phi) is 6.16. The standard InChI is InChI=1S/C20H23N3O4/c1-15-2-4-16(5-3-15)19(14-22-10-12-27-13-11-22)21-20(24)17-6-8-18(9-7-17)23(25)26/h2-9,19H,10-14H2,1H3,(H,21,24). The molecule has 0 spiro atoms. The minimum atomic E-state index is -0.477. The summed E-state index contributed by atoms with van der Waals surface area (Å²) in [5.74, 6) is -0.247. The van der Waals surface area contributed by atoms with Crippen molar-refractivity contribution in [2.45, 2.75) is 13.0 Å². The maximum atomic E-state index is 12.7. The van der Waals surface area contributed by atoms with E-state index in [1.807, 2.05) is 31.2 Å². The van der Waals surface area contributed by atoms with Crippen molar-refractivity contribution in [1.82, 2.24) is 10.2 Å². The fourth-order valence-electron chi connectivity index (χ4n) is 3.05. The second kappa shape index (κ2) is 8.75. The van der Waals surface area contributed by atoms with Gasteiger partial charge in [-0.1, -0.05) is 29.8 Å². The number of rotatable bonds is 6. The number of morpholine rings is 1. The molecule has 27 heavy (non-hydrogen) atoms. The molecular formula is C20H23N3O4. The lowest BCUT2D eigenvalue weighted by Gasteiger charge is -2.31. The van der Waals surface area contributed by atoms with Gasteiger partial charge in [-0.25, -0.2) is 0 Å². The van der Waals surface area contributed by atoms with Crippen LogP contribution in [-0.4, -0.2) is 48.6 Å². The predicted molar refractivity (Wildman–Crippen MR) is 102 cm³/mol. The number of nitrogens with one attached hydrogen (secondary N) is 1. The lowest BCUT2D eigenvalue weighted by Crippen LogP contribution is -2.43. The maximum absolute atomic E-state index is 12.7. The first-order valence-corrected chi connectivity index (χ1v) is 8.95. The summed E-state index contributed by atoms with van der Waals surface area (Å²) in [6.45, 7) is 5.75. The molecule has 1 aliphatic rings. The molecule has 0 radical (unpaired) electrons. The van der Waals surface area contributed by atoms with E-state index in [9.17, 15) is 14.9 Å². The van der Waals surface area contributed by atoms with Gasteiger partial charge >= 0.3 is 0 Å². The molecular weight excluding hydrogens is 346 g/mol. The number of hydrogen-bond acceptors (Lipinski definition) is 5. The first-order valence-electron chi connectivity index (χ1n) is 8.95. The highest BCUT2D eigenvalue weighted by Crippen LogP contribution is 2.18. The van der Waals surface area contributed by atoms with Crippen molar-refractivity contribution in [2.75, 3.05) is 32.8 Å². The van der Waals surface area contributed by atoms with E-state index in [2.05, 4.69) is 10.2 Å². The molecule has 0 bridgehead atoms. The third-order valence-corrected chi connectivity index (χ3v) is 4.67. The summed E-state index contributed by atoms with van der Waals surface area (Å²) < 4.78 is 5.40. The molecule has 1 saturated heterocycles. The van der Waals surface area contributed by atoms with E-state index in [-0.39, 0.29) is 17.6 Å². The summed E-state index contributed by atoms with van der Waals surface area (Å²) in [5.41, 5.74) is 2.56. The Morgan fingerprint density at radius 3 is 2.37 bits per heavy atom. The van der Waals surface area contributed by atoms with Gasteiger partial charge in [0.05, 0.1) is 24.2 Å². The van der Waals surface area contributed by atoms with Crippen LogP contribution in [0.2, 0.25) is 0 Å². The lowest BCUT2D eigenvalue weighted by molar-refractivity contribution is -0.384. The molecule has 2 aromatic carbocycles. The van der Waals surface area contributed by atoms with Gasteiger partial charge in [-0.3, -0.25) is 19.8 Å². The number of amides is 1. The van der Waals surface area contributed by atoms with E-state index in [1.54, 1.807) is 0 Å². The molecule has 1 atom stereocenters. The van der Waals surface area contributed by atoms with E-state index in [0.717, 1.165) is 24.2 Å². The number of nitro groups is 1. The minimum absolute atomic E-state index is 0.0325. The monoisotopic (exact) mass is 369 g/mol. The Hall–Kier alpha value is -2.77. The zero-order chi connectivity index (χ0) is 19.2. The van der Waals surface area contributed by atoms with Crippen molar-refractivity contribution in [2.24, 2.45) is 0 Å². The number of ether oxygens (including phenoxy) is 1. The van der Waals surface area contributed by atoms with Gasteiger partial charge in [0, 0.05) is 37.3 Å². The fourth-order valence-corrected chi connectivity index (χ4v) is 3.05. The van der Waals surface area contributed by atoms with Crippen LogP contribution in [0.15, 0.2) is 48.5 Å². The number of non-ortho nitro benzene ring substituents is 1. The van der Waals surface area contributed by atoms with Crippen LogP contribution in [0, 0.1) is 17.0 Å². The van der Waals surface area contributed by atoms with E-state index in [4.69, 9.17) is 4.74 Å². The van der Waals surface area contributed by atoms with Crippen molar-refractivity contribution >= 4 is 11.6 Å². The number of nitrogens with zero attached hydrogens (tertiary/aromatic N) is 2. The number of aryl methyl sites for hydroxylation is 1. The summed E-state index contributed by atoms with van der Waals surface area (Å²) in [6, 6.07) is 13.6. The zero-order valence-corrected chi connectivity index (χ0v) is 15.3. The maximum Gasteiger partial charge on any atom is 0.269 e. The van der Waals surface area contributed by atoms with Gasteiger partial charge in [0.15, 0.2) is 0 Å². The highest BCUT2D eigenvalue weighted by molar-refractivity contribution is 5.94. The van der Waals surface area contributed by atoms with Crippen molar-refractivity contribution < 1.29 is 14.5 Å². The molecule has 1 amide bonds. The molecule has 1 heterocycles. The van der Waals surface area contributed by atoms with E-state index in [0.29, 0.717) is 25.3 Å². The molecule has 3 rings (SSSR count). The SMILES string of the molecule is Cc1ccc(C(CN2CCOCC2)NC(=O)c2ccc([N+](=O)[O-])cc2)cc1. The third-order valence-electron chi connectivity index (χ3n) is 4.67. The van der Waals surface area contributed by atoms with Crippen LogP contribution in [0.3, 0.4) is 0 Å². The number of nitro benzene ring substituents is 1. The second-order valence-corrected chi connectivity index (χ2v) is 6.65. The summed E-state index contributed by atoms with van der Waals surface area (Å²) in [5, 5.41) is 13.9. The van der Waals surface area contributed by atoms with Crippen LogP contribution in [0.5, 0.6) is 0 Å². The third kappa shape index (κ3) is 5.12. The van der Waals surface area contributed by atoms with E-state index < -0.39 is 4.92 Å². The number of hydrogen-bond donors (Lipinski definition) is 1. The number of benzene rings is 2. The van der Waals surface area contributed by atoms with Crippen LogP contribution in [0.4, 0.5) is 5.69 Å².